The van der Waals surface area contributed by atoms with Gasteiger partial charge in [-0.05, 0) is 36.6 Å². The number of hydrogen-bond donors (Lipinski definition) is 2. The van der Waals surface area contributed by atoms with Crippen LogP contribution < -0.4 is 5.32 Å². The van der Waals surface area contributed by atoms with Crippen molar-refractivity contribution in [2.75, 3.05) is 13.1 Å². The van der Waals surface area contributed by atoms with Crippen molar-refractivity contribution in [2.24, 2.45) is 5.92 Å². The second-order valence-electron chi connectivity index (χ2n) is 4.94. The average molecular weight is 309 g/mol. The quantitative estimate of drug-likeness (QED) is 0.902. The molecule has 0 saturated carbocycles. The molecule has 1 aromatic rings. The first-order chi connectivity index (χ1) is 10.1. The predicted molar refractivity (Wildman–Crippen MR) is 81.0 cm³/mol. The molecule has 2 N–H and O–H groups in total. The molecule has 0 bridgehead atoms. The van der Waals surface area contributed by atoms with E-state index in [4.69, 9.17) is 16.7 Å². The zero-order chi connectivity index (χ0) is 15.2. The third-order valence-electron chi connectivity index (χ3n) is 3.46. The van der Waals surface area contributed by atoms with Gasteiger partial charge in [0, 0.05) is 24.3 Å². The summed E-state index contributed by atoms with van der Waals surface area (Å²) < 4.78 is 0. The average Bonchev–Trinajstić information content (AvgIpc) is 2.47. The van der Waals surface area contributed by atoms with Crippen LogP contribution in [0.2, 0.25) is 5.02 Å². The molecular formula is C15H17ClN2O3. The van der Waals surface area contributed by atoms with E-state index in [1.807, 2.05) is 12.1 Å². The molecule has 1 aliphatic heterocycles. The Morgan fingerprint density at radius 3 is 2.67 bits per heavy atom. The van der Waals surface area contributed by atoms with Crippen LogP contribution in [0.1, 0.15) is 18.4 Å². The first kappa shape index (κ1) is 15.4. The summed E-state index contributed by atoms with van der Waals surface area (Å²) in [7, 11) is 0. The van der Waals surface area contributed by atoms with E-state index in [-0.39, 0.29) is 11.9 Å². The molecule has 0 unspecified atom stereocenters. The van der Waals surface area contributed by atoms with E-state index in [2.05, 4.69) is 5.32 Å². The molecule has 0 radical (unpaired) electrons. The summed E-state index contributed by atoms with van der Waals surface area (Å²) in [6.07, 6.45) is 4.33. The van der Waals surface area contributed by atoms with E-state index < -0.39 is 5.97 Å². The summed E-state index contributed by atoms with van der Waals surface area (Å²) in [5, 5.41) is 12.2. The highest BCUT2D eigenvalue weighted by Gasteiger charge is 2.26. The molecule has 0 aromatic heterocycles. The third kappa shape index (κ3) is 4.49. The Balaban J connectivity index is 1.81. The molecule has 2 amide bonds. The fourth-order valence-corrected chi connectivity index (χ4v) is 2.44. The van der Waals surface area contributed by atoms with Crippen molar-refractivity contribution in [3.05, 3.63) is 41.1 Å². The zero-order valence-electron chi connectivity index (χ0n) is 11.5. The Morgan fingerprint density at radius 2 is 2.05 bits per heavy atom. The number of urea groups is 1. The largest absolute Gasteiger partial charge is 0.481 e. The van der Waals surface area contributed by atoms with Crippen LogP contribution in [0.4, 0.5) is 4.79 Å². The van der Waals surface area contributed by atoms with E-state index >= 15 is 0 Å². The van der Waals surface area contributed by atoms with Gasteiger partial charge < -0.3 is 15.3 Å². The highest BCUT2D eigenvalue weighted by atomic mass is 35.5. The van der Waals surface area contributed by atoms with Crippen LogP contribution in [0, 0.1) is 5.92 Å². The van der Waals surface area contributed by atoms with E-state index in [9.17, 15) is 9.59 Å². The van der Waals surface area contributed by atoms with Crippen LogP contribution in [0.25, 0.3) is 6.08 Å². The Morgan fingerprint density at radius 1 is 1.33 bits per heavy atom. The van der Waals surface area contributed by atoms with Gasteiger partial charge in [-0.25, -0.2) is 4.79 Å². The first-order valence-electron chi connectivity index (χ1n) is 6.76. The topological polar surface area (TPSA) is 69.6 Å². The summed E-state index contributed by atoms with van der Waals surface area (Å²) >= 11 is 5.87. The second kappa shape index (κ2) is 7.13. The van der Waals surface area contributed by atoms with Crippen LogP contribution in [-0.2, 0) is 4.79 Å². The molecule has 0 atom stereocenters. The number of rotatable bonds is 3. The monoisotopic (exact) mass is 308 g/mol. The minimum Gasteiger partial charge on any atom is -0.481 e. The van der Waals surface area contributed by atoms with Crippen LogP contribution in [0.5, 0.6) is 0 Å². The lowest BCUT2D eigenvalue weighted by Crippen LogP contribution is -2.44. The number of aliphatic carboxylic acids is 1. The molecule has 5 nitrogen and oxygen atoms in total. The number of benzene rings is 1. The van der Waals surface area contributed by atoms with E-state index in [0.29, 0.717) is 31.0 Å². The Kier molecular flexibility index (Phi) is 5.22. The molecule has 0 spiro atoms. The molecule has 1 fully saturated rings. The standard InChI is InChI=1S/C15H17ClN2O3/c16-13-3-1-2-11(10-13)4-7-17-15(21)18-8-5-12(6-9-18)14(19)20/h1-4,7,10,12H,5-6,8-9H2,(H,17,21)(H,19,20)/b7-4+. The summed E-state index contributed by atoms with van der Waals surface area (Å²) in [5.74, 6) is -1.12. The van der Waals surface area contributed by atoms with Crippen molar-refractivity contribution in [2.45, 2.75) is 12.8 Å². The first-order valence-corrected chi connectivity index (χ1v) is 7.14. The highest BCUT2D eigenvalue weighted by molar-refractivity contribution is 6.30. The molecule has 1 aromatic carbocycles. The number of carbonyl (C=O) groups excluding carboxylic acids is 1. The summed E-state index contributed by atoms with van der Waals surface area (Å²) in [6.45, 7) is 0.932. The number of carbonyl (C=O) groups is 2. The second-order valence-corrected chi connectivity index (χ2v) is 5.37. The summed E-state index contributed by atoms with van der Waals surface area (Å²) in [5.41, 5.74) is 0.896. The van der Waals surface area contributed by atoms with Crippen molar-refractivity contribution >= 4 is 29.7 Å². The van der Waals surface area contributed by atoms with Crippen LogP contribution in [-0.4, -0.2) is 35.1 Å². The number of halogens is 1. The molecule has 1 saturated heterocycles. The minimum atomic E-state index is -0.782. The maximum atomic E-state index is 11.9. The molecule has 6 heteroatoms. The number of amides is 2. The van der Waals surface area contributed by atoms with Gasteiger partial charge in [0.1, 0.15) is 0 Å². The number of carboxylic acids is 1. The molecule has 0 aliphatic carbocycles. The number of nitrogens with one attached hydrogen (secondary N) is 1. The van der Waals surface area contributed by atoms with Gasteiger partial charge in [0.05, 0.1) is 5.92 Å². The zero-order valence-corrected chi connectivity index (χ0v) is 12.2. The Bertz CT molecular complexity index is 552. The van der Waals surface area contributed by atoms with Gasteiger partial charge in [-0.1, -0.05) is 23.7 Å². The lowest BCUT2D eigenvalue weighted by Gasteiger charge is -2.29. The predicted octanol–water partition coefficient (Wildman–Crippen LogP) is 2.82. The van der Waals surface area contributed by atoms with E-state index in [1.54, 1.807) is 29.3 Å². The third-order valence-corrected chi connectivity index (χ3v) is 3.70. The lowest BCUT2D eigenvalue weighted by atomic mass is 9.97. The molecular weight excluding hydrogens is 292 g/mol. The number of carboxylic acid groups (broad SMARTS) is 1. The molecule has 1 aliphatic rings. The van der Waals surface area contributed by atoms with Crippen molar-refractivity contribution < 1.29 is 14.7 Å². The molecule has 1 heterocycles. The van der Waals surface area contributed by atoms with Crippen molar-refractivity contribution in [3.8, 4) is 0 Å². The van der Waals surface area contributed by atoms with E-state index in [0.717, 1.165) is 5.56 Å². The Hall–Kier alpha value is -2.01. The van der Waals surface area contributed by atoms with Crippen LogP contribution in [0.15, 0.2) is 30.5 Å². The molecule has 2 rings (SSSR count). The van der Waals surface area contributed by atoms with Gasteiger partial charge >= 0.3 is 12.0 Å². The van der Waals surface area contributed by atoms with Crippen molar-refractivity contribution in [3.63, 3.8) is 0 Å². The minimum absolute atomic E-state index is 0.211. The van der Waals surface area contributed by atoms with Crippen molar-refractivity contribution in [1.82, 2.24) is 10.2 Å². The number of nitrogens with zero attached hydrogens (tertiary/aromatic N) is 1. The fraction of sp³-hybridized carbons (Fsp3) is 0.333. The molecule has 112 valence electrons. The summed E-state index contributed by atoms with van der Waals surface area (Å²) in [4.78, 5) is 24.4. The van der Waals surface area contributed by atoms with E-state index in [1.165, 1.54) is 0 Å². The van der Waals surface area contributed by atoms with Gasteiger partial charge in [-0.2, -0.15) is 0 Å². The number of likely N-dealkylation sites (tertiary alicyclic amines) is 1. The maximum Gasteiger partial charge on any atom is 0.321 e. The maximum absolute atomic E-state index is 11.9. The van der Waals surface area contributed by atoms with Crippen molar-refractivity contribution in [1.29, 1.82) is 0 Å². The van der Waals surface area contributed by atoms with Gasteiger partial charge in [0.25, 0.3) is 0 Å². The highest BCUT2D eigenvalue weighted by Crippen LogP contribution is 2.17. The smallest absolute Gasteiger partial charge is 0.321 e. The Labute approximate surface area is 128 Å². The normalized spacial score (nSPS) is 16.1. The van der Waals surface area contributed by atoms with Crippen LogP contribution in [0.3, 0.4) is 0 Å². The lowest BCUT2D eigenvalue weighted by molar-refractivity contribution is -0.143. The van der Waals surface area contributed by atoms with Gasteiger partial charge in [0.2, 0.25) is 0 Å². The van der Waals surface area contributed by atoms with Gasteiger partial charge in [-0.15, -0.1) is 0 Å². The van der Waals surface area contributed by atoms with Crippen LogP contribution >= 0.6 is 11.6 Å². The fourth-order valence-electron chi connectivity index (χ4n) is 2.24. The summed E-state index contributed by atoms with van der Waals surface area (Å²) in [6, 6.07) is 7.08. The van der Waals surface area contributed by atoms with Gasteiger partial charge in [0.15, 0.2) is 0 Å². The molecule has 21 heavy (non-hydrogen) atoms. The SMILES string of the molecule is O=C(O)C1CCN(C(=O)N/C=C/c2cccc(Cl)c2)CC1. The number of piperidine rings is 1. The number of hydrogen-bond acceptors (Lipinski definition) is 2. The van der Waals surface area contributed by atoms with Gasteiger partial charge in [-0.3, -0.25) is 4.79 Å².